The Labute approximate surface area is 102 Å². The quantitative estimate of drug-likeness (QED) is 0.140. The molecule has 0 aromatic carbocycles. The van der Waals surface area contributed by atoms with Crippen molar-refractivity contribution in [3.05, 3.63) is 12.7 Å². The lowest BCUT2D eigenvalue weighted by Gasteiger charge is -2.31. The van der Waals surface area contributed by atoms with E-state index < -0.39 is 0 Å². The summed E-state index contributed by atoms with van der Waals surface area (Å²) in [4.78, 5) is 10.6. The molecule has 1 unspecified atom stereocenters. The third-order valence-corrected chi connectivity index (χ3v) is 2.83. The maximum Gasteiger partial charge on any atom is 0.208 e. The average Bonchev–Trinajstić information content (AvgIpc) is 2.37. The monoisotopic (exact) mass is 239 g/mol. The predicted octanol–water partition coefficient (Wildman–Crippen LogP) is -0.642. The number of carbonyl (C=O) groups excluding carboxylic acids is 1. The van der Waals surface area contributed by atoms with E-state index in [1.165, 1.54) is 0 Å². The molecule has 6 nitrogen and oxygen atoms in total. The van der Waals surface area contributed by atoms with Gasteiger partial charge in [-0.3, -0.25) is 10.2 Å². The summed E-state index contributed by atoms with van der Waals surface area (Å²) in [5.74, 6) is 0.565. The molecule has 1 aliphatic rings. The largest absolute Gasteiger partial charge is 0.353 e. The second-order valence-electron chi connectivity index (χ2n) is 4.04. The topological polar surface area (TPSA) is 89.0 Å². The van der Waals surface area contributed by atoms with Crippen molar-refractivity contribution in [1.82, 2.24) is 21.3 Å². The van der Waals surface area contributed by atoms with Crippen molar-refractivity contribution in [3.63, 3.8) is 0 Å². The molecule has 0 saturated carbocycles. The van der Waals surface area contributed by atoms with E-state index in [0.717, 1.165) is 25.9 Å². The number of guanidine groups is 1. The van der Waals surface area contributed by atoms with Crippen molar-refractivity contribution < 1.29 is 4.79 Å². The van der Waals surface area contributed by atoms with Crippen molar-refractivity contribution in [2.75, 3.05) is 19.6 Å². The smallest absolute Gasteiger partial charge is 0.208 e. The molecule has 1 saturated heterocycles. The minimum Gasteiger partial charge on any atom is -0.353 e. The third kappa shape index (κ3) is 4.86. The van der Waals surface area contributed by atoms with Gasteiger partial charge in [0.25, 0.3) is 0 Å². The molecule has 0 aliphatic carbocycles. The Kier molecular flexibility index (Phi) is 6.09. The van der Waals surface area contributed by atoms with Gasteiger partial charge in [-0.1, -0.05) is 6.08 Å². The molecule has 1 fully saturated rings. The van der Waals surface area contributed by atoms with E-state index >= 15 is 0 Å². The highest BCUT2D eigenvalue weighted by Crippen LogP contribution is 2.14. The first-order chi connectivity index (χ1) is 8.27. The van der Waals surface area contributed by atoms with Crippen LogP contribution in [0.1, 0.15) is 12.8 Å². The summed E-state index contributed by atoms with van der Waals surface area (Å²) in [6.45, 7) is 6.01. The summed E-state index contributed by atoms with van der Waals surface area (Å²) in [6.07, 6.45) is 4.17. The van der Waals surface area contributed by atoms with E-state index in [1.807, 2.05) is 0 Å². The number of piperidine rings is 1. The Hall–Kier alpha value is -1.56. The van der Waals surface area contributed by atoms with Crippen LogP contribution in [0.3, 0.4) is 0 Å². The van der Waals surface area contributed by atoms with E-state index in [9.17, 15) is 4.79 Å². The van der Waals surface area contributed by atoms with Crippen LogP contribution >= 0.6 is 0 Å². The molecule has 17 heavy (non-hydrogen) atoms. The Bertz CT molecular complexity index is 263. The van der Waals surface area contributed by atoms with Gasteiger partial charge in [-0.05, 0) is 25.9 Å². The van der Waals surface area contributed by atoms with Crippen molar-refractivity contribution in [1.29, 1.82) is 5.41 Å². The predicted molar refractivity (Wildman–Crippen MR) is 67.6 cm³/mol. The maximum absolute atomic E-state index is 10.6. The van der Waals surface area contributed by atoms with E-state index in [1.54, 1.807) is 6.08 Å². The highest BCUT2D eigenvalue weighted by Gasteiger charge is 2.23. The molecule has 0 aromatic rings. The fraction of sp³-hybridized carbons (Fsp3) is 0.636. The van der Waals surface area contributed by atoms with Gasteiger partial charge < -0.3 is 21.3 Å². The van der Waals surface area contributed by atoms with Gasteiger partial charge in [0.2, 0.25) is 6.41 Å². The summed E-state index contributed by atoms with van der Waals surface area (Å²) in [7, 11) is 0. The van der Waals surface area contributed by atoms with Crippen molar-refractivity contribution >= 4 is 12.4 Å². The Balaban J connectivity index is 2.43. The Morgan fingerprint density at radius 3 is 2.82 bits per heavy atom. The summed E-state index contributed by atoms with van der Waals surface area (Å²) >= 11 is 0. The van der Waals surface area contributed by atoms with Gasteiger partial charge in [-0.15, -0.1) is 6.58 Å². The molecule has 96 valence electrons. The Morgan fingerprint density at radius 2 is 2.24 bits per heavy atom. The van der Waals surface area contributed by atoms with Crippen LogP contribution in [-0.2, 0) is 4.79 Å². The van der Waals surface area contributed by atoms with Crippen molar-refractivity contribution in [2.24, 2.45) is 5.92 Å². The van der Waals surface area contributed by atoms with Gasteiger partial charge in [0.05, 0.1) is 0 Å². The molecule has 1 rings (SSSR count). The molecule has 6 heteroatoms. The second kappa shape index (κ2) is 7.67. The molecular formula is C11H21N5O. The molecule has 5 N–H and O–H groups in total. The summed E-state index contributed by atoms with van der Waals surface area (Å²) in [6, 6.07) is 0. The Morgan fingerprint density at radius 1 is 1.53 bits per heavy atom. The van der Waals surface area contributed by atoms with Gasteiger partial charge in [0.1, 0.15) is 6.17 Å². The van der Waals surface area contributed by atoms with E-state index in [-0.39, 0.29) is 12.1 Å². The van der Waals surface area contributed by atoms with E-state index in [2.05, 4.69) is 27.8 Å². The fourth-order valence-electron chi connectivity index (χ4n) is 1.93. The third-order valence-electron chi connectivity index (χ3n) is 2.83. The van der Waals surface area contributed by atoms with E-state index in [4.69, 9.17) is 5.41 Å². The molecule has 1 aliphatic heterocycles. The molecule has 1 heterocycles. The first-order valence-corrected chi connectivity index (χ1v) is 5.88. The maximum atomic E-state index is 10.6. The van der Waals surface area contributed by atoms with Crippen LogP contribution in [0.25, 0.3) is 0 Å². The first kappa shape index (κ1) is 13.5. The van der Waals surface area contributed by atoms with Crippen LogP contribution in [0.4, 0.5) is 0 Å². The summed E-state index contributed by atoms with van der Waals surface area (Å²) in [5, 5.41) is 19.5. The van der Waals surface area contributed by atoms with Crippen LogP contribution in [-0.4, -0.2) is 38.2 Å². The minimum absolute atomic E-state index is 0.181. The number of rotatable bonds is 6. The lowest BCUT2D eigenvalue weighted by atomic mass is 9.95. The van der Waals surface area contributed by atoms with E-state index in [0.29, 0.717) is 18.9 Å². The van der Waals surface area contributed by atoms with Gasteiger partial charge in [-0.2, -0.15) is 0 Å². The fourth-order valence-corrected chi connectivity index (χ4v) is 1.93. The molecule has 1 amide bonds. The van der Waals surface area contributed by atoms with Crippen molar-refractivity contribution in [3.8, 4) is 0 Å². The highest BCUT2D eigenvalue weighted by atomic mass is 16.1. The second-order valence-corrected chi connectivity index (χ2v) is 4.04. The first-order valence-electron chi connectivity index (χ1n) is 5.88. The van der Waals surface area contributed by atoms with Crippen LogP contribution in [0, 0.1) is 11.3 Å². The zero-order chi connectivity index (χ0) is 12.5. The number of carbonyl (C=O) groups is 1. The molecule has 0 aromatic heterocycles. The highest BCUT2D eigenvalue weighted by molar-refractivity contribution is 5.77. The van der Waals surface area contributed by atoms with Crippen LogP contribution < -0.4 is 21.3 Å². The van der Waals surface area contributed by atoms with Crippen LogP contribution in [0.15, 0.2) is 12.7 Å². The molecule has 0 radical (unpaired) electrons. The number of hydrogen-bond donors (Lipinski definition) is 5. The zero-order valence-corrected chi connectivity index (χ0v) is 9.96. The normalized spacial score (nSPS) is 17.9. The SMILES string of the molecule is C=CCNC(=N)NC(NC=O)C1CCNCC1. The molecule has 0 spiro atoms. The molecule has 0 bridgehead atoms. The molecule has 1 atom stereocenters. The van der Waals surface area contributed by atoms with Gasteiger partial charge in [0.15, 0.2) is 5.96 Å². The lowest BCUT2D eigenvalue weighted by molar-refractivity contribution is -0.110. The number of amides is 1. The average molecular weight is 239 g/mol. The van der Waals surface area contributed by atoms with Crippen molar-refractivity contribution in [2.45, 2.75) is 19.0 Å². The zero-order valence-electron chi connectivity index (χ0n) is 9.96. The minimum atomic E-state index is -0.181. The molecular weight excluding hydrogens is 218 g/mol. The van der Waals surface area contributed by atoms with Gasteiger partial charge in [0, 0.05) is 12.5 Å². The number of hydrogen-bond acceptors (Lipinski definition) is 3. The summed E-state index contributed by atoms with van der Waals surface area (Å²) < 4.78 is 0. The van der Waals surface area contributed by atoms with Gasteiger partial charge in [-0.25, -0.2) is 0 Å². The van der Waals surface area contributed by atoms with Crippen LogP contribution in [0.2, 0.25) is 0 Å². The van der Waals surface area contributed by atoms with Crippen LogP contribution in [0.5, 0.6) is 0 Å². The standard InChI is InChI=1S/C11H21N5O/c1-2-5-14-11(12)16-10(15-8-17)9-3-6-13-7-4-9/h2,8-10,13H,1,3-7H2,(H,15,17)(H3,12,14,16). The number of nitrogens with one attached hydrogen (secondary N) is 5. The lowest BCUT2D eigenvalue weighted by Crippen LogP contribution is -2.54. The van der Waals surface area contributed by atoms with Gasteiger partial charge >= 0.3 is 0 Å². The summed E-state index contributed by atoms with van der Waals surface area (Å²) in [5.41, 5.74) is 0.